The van der Waals surface area contributed by atoms with Crippen molar-refractivity contribution < 1.29 is 4.79 Å². The fraction of sp³-hybridized carbons (Fsp3) is 0.267. The van der Waals surface area contributed by atoms with Gasteiger partial charge in [-0.15, -0.1) is 0 Å². The molecule has 0 bridgehead atoms. The van der Waals surface area contributed by atoms with Crippen molar-refractivity contribution in [3.05, 3.63) is 53.3 Å². The predicted molar refractivity (Wildman–Crippen MR) is 84.1 cm³/mol. The molecule has 6 nitrogen and oxygen atoms in total. The highest BCUT2D eigenvalue weighted by Crippen LogP contribution is 2.13. The number of pyridine rings is 1. The lowest BCUT2D eigenvalue weighted by Gasteiger charge is -2.05. The molecule has 3 aromatic heterocycles. The second-order valence-electron chi connectivity index (χ2n) is 5.02. The molecule has 114 valence electrons. The van der Waals surface area contributed by atoms with Crippen LogP contribution in [0, 0.1) is 6.92 Å². The summed E-state index contributed by atoms with van der Waals surface area (Å²) in [5, 5.41) is 7.72. The number of hydrogen-bond acceptors (Lipinski definition) is 3. The molecule has 0 fully saturated rings. The van der Waals surface area contributed by atoms with Crippen LogP contribution in [0.4, 0.5) is 0 Å². The molecule has 1 N–H and O–H groups in total. The van der Waals surface area contributed by atoms with E-state index in [0.717, 1.165) is 24.3 Å². The van der Waals surface area contributed by atoms with Gasteiger partial charge in [0.1, 0.15) is 5.82 Å². The molecule has 0 aliphatic rings. The number of amides is 1. The van der Waals surface area contributed by atoms with Gasteiger partial charge in [0.15, 0.2) is 5.69 Å². The Morgan fingerprint density at radius 3 is 3.00 bits per heavy atom. The quantitative estimate of drug-likeness (QED) is 0.734. The number of fused-ring (bicyclic) bond motifs is 1. The summed E-state index contributed by atoms with van der Waals surface area (Å²) in [4.78, 5) is 16.2. The highest BCUT2D eigenvalue weighted by atomic mass is 35.5. The van der Waals surface area contributed by atoms with Crippen LogP contribution in [-0.4, -0.2) is 31.6 Å². The molecule has 22 heavy (non-hydrogen) atoms. The smallest absolute Gasteiger partial charge is 0.271 e. The Kier molecular flexibility index (Phi) is 4.11. The average molecular weight is 318 g/mol. The second-order valence-corrected chi connectivity index (χ2v) is 5.46. The predicted octanol–water partition coefficient (Wildman–Crippen LogP) is 2.31. The van der Waals surface area contributed by atoms with E-state index in [4.69, 9.17) is 11.6 Å². The third kappa shape index (κ3) is 3.12. The molecule has 0 spiro atoms. The maximum Gasteiger partial charge on any atom is 0.271 e. The number of nitrogens with zero attached hydrogens (tertiary/aromatic N) is 4. The van der Waals surface area contributed by atoms with Crippen LogP contribution in [-0.2, 0) is 6.54 Å². The Balaban J connectivity index is 1.55. The maximum absolute atomic E-state index is 12.1. The van der Waals surface area contributed by atoms with Gasteiger partial charge in [0.25, 0.3) is 5.91 Å². The molecule has 3 heterocycles. The topological polar surface area (TPSA) is 64.2 Å². The Hall–Kier alpha value is -2.34. The summed E-state index contributed by atoms with van der Waals surface area (Å²) < 4.78 is 3.69. The van der Waals surface area contributed by atoms with Crippen molar-refractivity contribution in [2.75, 3.05) is 6.54 Å². The first-order valence-corrected chi connectivity index (χ1v) is 7.42. The van der Waals surface area contributed by atoms with Crippen LogP contribution in [0.1, 0.15) is 22.7 Å². The lowest BCUT2D eigenvalue weighted by molar-refractivity contribution is 0.0947. The number of carbonyl (C=O) groups is 1. The third-order valence-corrected chi connectivity index (χ3v) is 3.68. The number of hydrogen-bond donors (Lipinski definition) is 1. The van der Waals surface area contributed by atoms with E-state index >= 15 is 0 Å². The maximum atomic E-state index is 12.1. The van der Waals surface area contributed by atoms with Gasteiger partial charge in [-0.2, -0.15) is 5.10 Å². The zero-order valence-electron chi connectivity index (χ0n) is 12.2. The summed E-state index contributed by atoms with van der Waals surface area (Å²) in [6.07, 6.45) is 6.27. The highest BCUT2D eigenvalue weighted by molar-refractivity contribution is 6.30. The number of imidazole rings is 1. The first kappa shape index (κ1) is 14.6. The molecule has 0 radical (unpaired) electrons. The molecule has 0 atom stereocenters. The number of halogens is 1. The lowest BCUT2D eigenvalue weighted by Crippen LogP contribution is -2.25. The largest absolute Gasteiger partial charge is 0.351 e. The van der Waals surface area contributed by atoms with Crippen LogP contribution in [0.25, 0.3) is 5.52 Å². The molecule has 0 aliphatic carbocycles. The van der Waals surface area contributed by atoms with Gasteiger partial charge in [-0.05, 0) is 31.5 Å². The summed E-state index contributed by atoms with van der Waals surface area (Å²) >= 11 is 5.92. The summed E-state index contributed by atoms with van der Waals surface area (Å²) in [6.45, 7) is 3.37. The van der Waals surface area contributed by atoms with E-state index in [2.05, 4.69) is 20.0 Å². The Labute approximate surface area is 132 Å². The summed E-state index contributed by atoms with van der Waals surface area (Å²) in [5.41, 5.74) is 1.19. The number of aromatic nitrogens is 4. The van der Waals surface area contributed by atoms with Crippen molar-refractivity contribution in [3.63, 3.8) is 0 Å². The molecule has 1 amide bonds. The Morgan fingerprint density at radius 2 is 2.23 bits per heavy atom. The molecular formula is C15H16ClN5O. The van der Waals surface area contributed by atoms with Gasteiger partial charge >= 0.3 is 0 Å². The van der Waals surface area contributed by atoms with Crippen molar-refractivity contribution in [1.29, 1.82) is 0 Å². The lowest BCUT2D eigenvalue weighted by atomic mass is 10.3. The fourth-order valence-electron chi connectivity index (χ4n) is 2.26. The van der Waals surface area contributed by atoms with Crippen molar-refractivity contribution in [2.24, 2.45) is 0 Å². The molecule has 3 aromatic rings. The van der Waals surface area contributed by atoms with Crippen molar-refractivity contribution in [2.45, 2.75) is 19.9 Å². The van der Waals surface area contributed by atoms with E-state index in [1.807, 2.05) is 13.1 Å². The van der Waals surface area contributed by atoms with Gasteiger partial charge in [0.2, 0.25) is 0 Å². The van der Waals surface area contributed by atoms with Gasteiger partial charge in [0, 0.05) is 36.7 Å². The molecule has 0 saturated carbocycles. The third-order valence-electron chi connectivity index (χ3n) is 3.44. The van der Waals surface area contributed by atoms with Gasteiger partial charge < -0.3 is 9.88 Å². The van der Waals surface area contributed by atoms with Crippen LogP contribution in [0.5, 0.6) is 0 Å². The zero-order chi connectivity index (χ0) is 15.5. The average Bonchev–Trinajstić information content (AvgIpc) is 3.09. The van der Waals surface area contributed by atoms with Crippen LogP contribution in [0.15, 0.2) is 36.8 Å². The van der Waals surface area contributed by atoms with E-state index in [1.165, 1.54) is 0 Å². The minimum absolute atomic E-state index is 0.179. The molecule has 0 aliphatic heterocycles. The number of carbonyl (C=O) groups excluding carboxylic acids is 1. The highest BCUT2D eigenvalue weighted by Gasteiger charge is 2.10. The molecule has 0 aromatic carbocycles. The van der Waals surface area contributed by atoms with E-state index in [0.29, 0.717) is 17.3 Å². The van der Waals surface area contributed by atoms with Gasteiger partial charge in [-0.3, -0.25) is 4.79 Å². The minimum atomic E-state index is -0.179. The number of nitrogens with one attached hydrogen (secondary N) is 1. The SMILES string of the molecule is Cc1nccn1CCCNC(=O)c1cc2cc(Cl)ccn2n1. The molecular weight excluding hydrogens is 302 g/mol. The second kappa shape index (κ2) is 6.19. The van der Waals surface area contributed by atoms with Gasteiger partial charge in [0.05, 0.1) is 5.52 Å². The summed E-state index contributed by atoms with van der Waals surface area (Å²) in [6, 6.07) is 5.23. The van der Waals surface area contributed by atoms with E-state index in [1.54, 1.807) is 35.1 Å². The fourth-order valence-corrected chi connectivity index (χ4v) is 2.43. The number of aryl methyl sites for hydroxylation is 2. The number of rotatable bonds is 5. The molecule has 0 unspecified atom stereocenters. The van der Waals surface area contributed by atoms with Gasteiger partial charge in [-0.1, -0.05) is 11.6 Å². The van der Waals surface area contributed by atoms with E-state index < -0.39 is 0 Å². The summed E-state index contributed by atoms with van der Waals surface area (Å²) in [7, 11) is 0. The van der Waals surface area contributed by atoms with Crippen LogP contribution >= 0.6 is 11.6 Å². The molecule has 3 rings (SSSR count). The molecule has 7 heteroatoms. The minimum Gasteiger partial charge on any atom is -0.351 e. The van der Waals surface area contributed by atoms with Gasteiger partial charge in [-0.25, -0.2) is 9.50 Å². The van der Waals surface area contributed by atoms with Crippen LogP contribution in [0.2, 0.25) is 5.02 Å². The van der Waals surface area contributed by atoms with E-state index in [9.17, 15) is 4.79 Å². The first-order valence-electron chi connectivity index (χ1n) is 7.04. The molecule has 0 saturated heterocycles. The van der Waals surface area contributed by atoms with Crippen molar-refractivity contribution >= 4 is 23.0 Å². The zero-order valence-corrected chi connectivity index (χ0v) is 12.9. The van der Waals surface area contributed by atoms with Crippen molar-refractivity contribution in [1.82, 2.24) is 24.5 Å². The normalized spacial score (nSPS) is 11.0. The first-order chi connectivity index (χ1) is 10.6. The monoisotopic (exact) mass is 317 g/mol. The standard InChI is InChI=1S/C15H16ClN5O/c1-11-17-5-8-20(11)6-2-4-18-15(22)14-10-13-9-12(16)3-7-21(13)19-14/h3,5,7-10H,2,4,6H2,1H3,(H,18,22). The summed E-state index contributed by atoms with van der Waals surface area (Å²) in [5.74, 6) is 0.797. The Morgan fingerprint density at radius 1 is 1.36 bits per heavy atom. The Bertz CT molecular complexity index is 807. The van der Waals surface area contributed by atoms with Crippen LogP contribution < -0.4 is 5.32 Å². The van der Waals surface area contributed by atoms with Crippen LogP contribution in [0.3, 0.4) is 0 Å². The van der Waals surface area contributed by atoms with E-state index in [-0.39, 0.29) is 5.91 Å². The van der Waals surface area contributed by atoms with Crippen molar-refractivity contribution in [3.8, 4) is 0 Å².